The van der Waals surface area contributed by atoms with Crippen LogP contribution in [0.4, 0.5) is 8.78 Å². The molecular formula is C18H17F2N5O3S. The van der Waals surface area contributed by atoms with Crippen molar-refractivity contribution in [2.24, 2.45) is 0 Å². The van der Waals surface area contributed by atoms with Crippen molar-refractivity contribution in [3.8, 4) is 0 Å². The van der Waals surface area contributed by atoms with E-state index >= 15 is 0 Å². The molecule has 0 radical (unpaired) electrons. The molecule has 8 nitrogen and oxygen atoms in total. The first-order valence-electron chi connectivity index (χ1n) is 8.79. The number of sulfonamides is 1. The monoisotopic (exact) mass is 421 g/mol. The molecule has 1 aliphatic heterocycles. The van der Waals surface area contributed by atoms with Crippen molar-refractivity contribution < 1.29 is 22.0 Å². The number of H-pyrrole nitrogens is 1. The predicted octanol–water partition coefficient (Wildman–Crippen LogP) is 1.92. The van der Waals surface area contributed by atoms with E-state index in [2.05, 4.69) is 20.5 Å². The summed E-state index contributed by atoms with van der Waals surface area (Å²) >= 11 is 0. The molecule has 1 saturated heterocycles. The van der Waals surface area contributed by atoms with Crippen LogP contribution in [0.5, 0.6) is 0 Å². The fraction of sp³-hybridized carbons (Fsp3) is 0.278. The molecule has 0 spiro atoms. The van der Waals surface area contributed by atoms with Crippen LogP contribution in [0.1, 0.15) is 22.3 Å². The van der Waals surface area contributed by atoms with Crippen molar-refractivity contribution in [3.05, 3.63) is 53.9 Å². The zero-order valence-electron chi connectivity index (χ0n) is 15.1. The van der Waals surface area contributed by atoms with E-state index in [1.165, 1.54) is 18.3 Å². The normalized spacial score (nSPS) is 16.9. The number of alkyl halides is 2. The summed E-state index contributed by atoms with van der Waals surface area (Å²) in [4.78, 5) is 16.3. The number of nitrogens with zero attached hydrogens (tertiary/aromatic N) is 3. The van der Waals surface area contributed by atoms with Crippen molar-refractivity contribution in [1.82, 2.24) is 24.8 Å². The van der Waals surface area contributed by atoms with Gasteiger partial charge < -0.3 is 5.32 Å². The molecule has 0 unspecified atom stereocenters. The maximum atomic E-state index is 13.3. The van der Waals surface area contributed by atoms with E-state index in [4.69, 9.17) is 0 Å². The van der Waals surface area contributed by atoms with Gasteiger partial charge in [-0.05, 0) is 23.8 Å². The number of hydrogen-bond acceptors (Lipinski definition) is 5. The Kier molecular flexibility index (Phi) is 4.79. The van der Waals surface area contributed by atoms with Crippen LogP contribution < -0.4 is 5.32 Å². The standard InChI is InChI=1S/C18H17F2N5O3S/c19-18(20)5-6-25(11-18)29(27,28)15-3-1-12(2-4-15)8-22-17(26)14-7-13-10-23-24-16(13)21-9-14/h1-4,7,9-10H,5-6,8,11H2,(H,22,26)(H,21,23,24). The third-order valence-electron chi connectivity index (χ3n) is 4.70. The van der Waals surface area contributed by atoms with Gasteiger partial charge in [-0.2, -0.15) is 9.40 Å². The van der Waals surface area contributed by atoms with Crippen LogP contribution in [-0.4, -0.2) is 52.8 Å². The number of carbonyl (C=O) groups is 1. The number of carbonyl (C=O) groups excluding carboxylic acids is 1. The van der Waals surface area contributed by atoms with Gasteiger partial charge in [-0.1, -0.05) is 12.1 Å². The maximum absolute atomic E-state index is 13.3. The van der Waals surface area contributed by atoms with Crippen molar-refractivity contribution in [3.63, 3.8) is 0 Å². The average molecular weight is 421 g/mol. The van der Waals surface area contributed by atoms with Gasteiger partial charge in [-0.3, -0.25) is 9.89 Å². The molecule has 1 aromatic carbocycles. The highest BCUT2D eigenvalue weighted by Crippen LogP contribution is 2.31. The second-order valence-corrected chi connectivity index (χ2v) is 8.74. The Bertz CT molecular complexity index is 1160. The summed E-state index contributed by atoms with van der Waals surface area (Å²) in [6.07, 6.45) is 2.52. The smallest absolute Gasteiger partial charge is 0.262 e. The van der Waals surface area contributed by atoms with Crippen molar-refractivity contribution in [2.45, 2.75) is 23.8 Å². The number of rotatable bonds is 5. The highest BCUT2D eigenvalue weighted by Gasteiger charge is 2.43. The minimum absolute atomic E-state index is 0.0557. The minimum atomic E-state index is -3.97. The Labute approximate surface area is 165 Å². The fourth-order valence-electron chi connectivity index (χ4n) is 3.08. The summed E-state index contributed by atoms with van der Waals surface area (Å²) in [5.41, 5.74) is 1.61. The van der Waals surface area contributed by atoms with Crippen LogP contribution in [0, 0.1) is 0 Å². The van der Waals surface area contributed by atoms with Gasteiger partial charge in [0.15, 0.2) is 5.65 Å². The summed E-state index contributed by atoms with van der Waals surface area (Å²) in [5.74, 6) is -3.33. The van der Waals surface area contributed by atoms with E-state index in [0.717, 1.165) is 4.31 Å². The molecule has 0 bridgehead atoms. The van der Waals surface area contributed by atoms with Crippen LogP contribution in [0.15, 0.2) is 47.6 Å². The summed E-state index contributed by atoms with van der Waals surface area (Å²) in [6, 6.07) is 7.44. The summed E-state index contributed by atoms with van der Waals surface area (Å²) in [7, 11) is -3.97. The number of hydrogen-bond donors (Lipinski definition) is 2. The van der Waals surface area contributed by atoms with E-state index in [-0.39, 0.29) is 23.9 Å². The van der Waals surface area contributed by atoms with Gasteiger partial charge in [0, 0.05) is 31.1 Å². The molecule has 0 aliphatic carbocycles. The van der Waals surface area contributed by atoms with E-state index in [1.807, 2.05) is 0 Å². The summed E-state index contributed by atoms with van der Waals surface area (Å²) in [6.45, 7) is -0.839. The average Bonchev–Trinajstić information content (AvgIpc) is 3.32. The van der Waals surface area contributed by atoms with E-state index < -0.39 is 28.9 Å². The molecule has 11 heteroatoms. The quantitative estimate of drug-likeness (QED) is 0.654. The minimum Gasteiger partial charge on any atom is -0.348 e. The Morgan fingerprint density at radius 2 is 2.00 bits per heavy atom. The Balaban J connectivity index is 1.41. The number of halogens is 2. The molecule has 2 N–H and O–H groups in total. The Hall–Kier alpha value is -2.92. The van der Waals surface area contributed by atoms with Crippen molar-refractivity contribution in [1.29, 1.82) is 0 Å². The van der Waals surface area contributed by atoms with Gasteiger partial charge in [-0.25, -0.2) is 22.2 Å². The topological polar surface area (TPSA) is 108 Å². The second kappa shape index (κ2) is 7.16. The number of pyridine rings is 1. The van der Waals surface area contributed by atoms with Gasteiger partial charge in [0.1, 0.15) is 0 Å². The molecule has 0 saturated carbocycles. The first kappa shape index (κ1) is 19.4. The zero-order valence-corrected chi connectivity index (χ0v) is 15.9. The van der Waals surface area contributed by atoms with Crippen molar-refractivity contribution in [2.75, 3.05) is 13.1 Å². The van der Waals surface area contributed by atoms with E-state index in [1.54, 1.807) is 24.4 Å². The number of nitrogens with one attached hydrogen (secondary N) is 2. The molecule has 4 rings (SSSR count). The lowest BCUT2D eigenvalue weighted by Crippen LogP contribution is -2.31. The third-order valence-corrected chi connectivity index (χ3v) is 6.56. The molecule has 1 fully saturated rings. The van der Waals surface area contributed by atoms with Gasteiger partial charge in [0.05, 0.1) is 23.2 Å². The molecule has 2 aromatic heterocycles. The van der Waals surface area contributed by atoms with E-state index in [9.17, 15) is 22.0 Å². The van der Waals surface area contributed by atoms with Crippen LogP contribution in [0.25, 0.3) is 11.0 Å². The first-order chi connectivity index (χ1) is 13.7. The summed E-state index contributed by atoms with van der Waals surface area (Å²) in [5, 5.41) is 9.98. The molecular weight excluding hydrogens is 404 g/mol. The number of amides is 1. The van der Waals surface area contributed by atoms with E-state index in [0.29, 0.717) is 22.2 Å². The highest BCUT2D eigenvalue weighted by atomic mass is 32.2. The molecule has 1 amide bonds. The van der Waals surface area contributed by atoms with Crippen LogP contribution in [0.2, 0.25) is 0 Å². The molecule has 29 heavy (non-hydrogen) atoms. The first-order valence-corrected chi connectivity index (χ1v) is 10.2. The lowest BCUT2D eigenvalue weighted by molar-refractivity contribution is 0.0183. The second-order valence-electron chi connectivity index (χ2n) is 6.80. The number of benzene rings is 1. The van der Waals surface area contributed by atoms with Gasteiger partial charge in [0.25, 0.3) is 11.8 Å². The number of aromatic amines is 1. The van der Waals surface area contributed by atoms with Crippen molar-refractivity contribution >= 4 is 27.0 Å². The molecule has 0 atom stereocenters. The van der Waals surface area contributed by atoms with Crippen LogP contribution in [0.3, 0.4) is 0 Å². The lowest BCUT2D eigenvalue weighted by Gasteiger charge is -2.16. The number of fused-ring (bicyclic) bond motifs is 1. The fourth-order valence-corrected chi connectivity index (χ4v) is 4.55. The van der Waals surface area contributed by atoms with Crippen LogP contribution >= 0.6 is 0 Å². The van der Waals surface area contributed by atoms with Gasteiger partial charge in [-0.15, -0.1) is 0 Å². The maximum Gasteiger partial charge on any atom is 0.262 e. The number of aromatic nitrogens is 3. The molecule has 152 valence electrons. The molecule has 3 heterocycles. The lowest BCUT2D eigenvalue weighted by atomic mass is 10.2. The molecule has 3 aromatic rings. The third kappa shape index (κ3) is 3.96. The van der Waals surface area contributed by atoms with Crippen LogP contribution in [-0.2, 0) is 16.6 Å². The van der Waals surface area contributed by atoms with Gasteiger partial charge in [0.2, 0.25) is 10.0 Å². The highest BCUT2D eigenvalue weighted by molar-refractivity contribution is 7.89. The molecule has 1 aliphatic rings. The summed E-state index contributed by atoms with van der Waals surface area (Å²) < 4.78 is 52.4. The Morgan fingerprint density at radius 3 is 2.69 bits per heavy atom. The largest absolute Gasteiger partial charge is 0.348 e. The van der Waals surface area contributed by atoms with Gasteiger partial charge >= 0.3 is 0 Å². The SMILES string of the molecule is O=C(NCc1ccc(S(=O)(=O)N2CCC(F)(F)C2)cc1)c1cnc2[nH]ncc2c1. The predicted molar refractivity (Wildman–Crippen MR) is 99.8 cm³/mol. The Morgan fingerprint density at radius 1 is 1.24 bits per heavy atom. The zero-order chi connectivity index (χ0) is 20.6.